The minimum Gasteiger partial charge on any atom is -0.409 e. The fourth-order valence-corrected chi connectivity index (χ4v) is 2.04. The Labute approximate surface area is 129 Å². The highest BCUT2D eigenvalue weighted by atomic mass is 79.9. The third-order valence-corrected chi connectivity index (χ3v) is 3.65. The number of amidine groups is 1. The summed E-state index contributed by atoms with van der Waals surface area (Å²) in [6, 6.07) is 3.92. The number of nitrogens with zero attached hydrogens (tertiary/aromatic N) is 1. The molecule has 0 fully saturated rings. The van der Waals surface area contributed by atoms with E-state index in [9.17, 15) is 13.2 Å². The number of hydrogen-bond donors (Lipinski definition) is 3. The molecule has 1 aromatic rings. The van der Waals surface area contributed by atoms with E-state index in [-0.39, 0.29) is 18.1 Å². The molecule has 0 aliphatic rings. The van der Waals surface area contributed by atoms with Crippen LogP contribution < -0.4 is 11.1 Å². The molecule has 0 saturated heterocycles. The summed E-state index contributed by atoms with van der Waals surface area (Å²) in [6.07, 6.45) is -4.02. The van der Waals surface area contributed by atoms with Crippen molar-refractivity contribution in [3.05, 3.63) is 28.2 Å². The largest absolute Gasteiger partial charge is 0.418 e. The molecule has 0 aliphatic carbocycles. The van der Waals surface area contributed by atoms with E-state index in [1.165, 1.54) is 12.1 Å². The van der Waals surface area contributed by atoms with E-state index >= 15 is 0 Å². The second-order valence-corrected chi connectivity index (χ2v) is 6.15. The molecule has 0 saturated carbocycles. The van der Waals surface area contributed by atoms with Crippen molar-refractivity contribution in [2.75, 3.05) is 11.9 Å². The van der Waals surface area contributed by atoms with Crippen LogP contribution in [0.15, 0.2) is 27.8 Å². The number of nitrogens with one attached hydrogen (secondary N) is 1. The molecule has 0 aliphatic heterocycles. The lowest BCUT2D eigenvalue weighted by molar-refractivity contribution is -0.137. The third-order valence-electron chi connectivity index (χ3n) is 3.15. The molecular weight excluding hydrogens is 351 g/mol. The predicted molar refractivity (Wildman–Crippen MR) is 79.4 cm³/mol. The van der Waals surface area contributed by atoms with Gasteiger partial charge < -0.3 is 16.3 Å². The van der Waals surface area contributed by atoms with Crippen molar-refractivity contribution in [3.63, 3.8) is 0 Å². The first kappa shape index (κ1) is 17.6. The molecule has 0 heterocycles. The van der Waals surface area contributed by atoms with Crippen LogP contribution in [0.4, 0.5) is 18.9 Å². The highest BCUT2D eigenvalue weighted by molar-refractivity contribution is 9.10. The fraction of sp³-hybridized carbons (Fsp3) is 0.462. The monoisotopic (exact) mass is 367 g/mol. The first-order valence-corrected chi connectivity index (χ1v) is 6.96. The van der Waals surface area contributed by atoms with Crippen LogP contribution >= 0.6 is 15.9 Å². The normalized spacial score (nSPS) is 13.3. The van der Waals surface area contributed by atoms with Gasteiger partial charge in [-0.25, -0.2) is 0 Å². The number of halogens is 4. The summed E-state index contributed by atoms with van der Waals surface area (Å²) in [4.78, 5) is 0. The van der Waals surface area contributed by atoms with Crippen LogP contribution in [0.25, 0.3) is 0 Å². The Morgan fingerprint density at radius 3 is 2.52 bits per heavy atom. The predicted octanol–water partition coefficient (Wildman–Crippen LogP) is 4.04. The van der Waals surface area contributed by atoms with Gasteiger partial charge in [-0.15, -0.1) is 0 Å². The van der Waals surface area contributed by atoms with Gasteiger partial charge in [0.1, 0.15) is 5.84 Å². The van der Waals surface area contributed by atoms with Crippen LogP contribution in [0, 0.1) is 5.41 Å². The molecule has 118 valence electrons. The quantitative estimate of drug-likeness (QED) is 0.318. The lowest BCUT2D eigenvalue weighted by Crippen LogP contribution is -2.33. The van der Waals surface area contributed by atoms with Gasteiger partial charge in [-0.2, -0.15) is 13.2 Å². The summed E-state index contributed by atoms with van der Waals surface area (Å²) in [5.41, 5.74) is 4.18. The number of alkyl halides is 3. The van der Waals surface area contributed by atoms with Crippen molar-refractivity contribution in [3.8, 4) is 0 Å². The minimum atomic E-state index is -4.44. The van der Waals surface area contributed by atoms with Gasteiger partial charge in [-0.1, -0.05) is 34.9 Å². The fourth-order valence-electron chi connectivity index (χ4n) is 1.68. The number of oxime groups is 1. The molecule has 0 unspecified atom stereocenters. The van der Waals surface area contributed by atoms with Crippen LogP contribution in [0.1, 0.15) is 25.8 Å². The summed E-state index contributed by atoms with van der Waals surface area (Å²) in [6.45, 7) is 3.75. The maximum Gasteiger partial charge on any atom is 0.418 e. The van der Waals surface area contributed by atoms with Gasteiger partial charge >= 0.3 is 6.18 Å². The number of rotatable bonds is 5. The van der Waals surface area contributed by atoms with E-state index in [1.54, 1.807) is 13.8 Å². The van der Waals surface area contributed by atoms with Crippen LogP contribution in [0.3, 0.4) is 0 Å². The van der Waals surface area contributed by atoms with Crippen molar-refractivity contribution >= 4 is 27.5 Å². The number of nitrogens with two attached hydrogens (primary N) is 1. The van der Waals surface area contributed by atoms with Crippen LogP contribution in [0.5, 0.6) is 0 Å². The molecule has 21 heavy (non-hydrogen) atoms. The Morgan fingerprint density at radius 1 is 1.38 bits per heavy atom. The summed E-state index contributed by atoms with van der Waals surface area (Å²) < 4.78 is 39.2. The minimum absolute atomic E-state index is 0.000934. The van der Waals surface area contributed by atoms with Crippen molar-refractivity contribution in [2.24, 2.45) is 16.3 Å². The van der Waals surface area contributed by atoms with Gasteiger partial charge in [0, 0.05) is 22.1 Å². The Bertz CT molecular complexity index is 530. The lowest BCUT2D eigenvalue weighted by atomic mass is 9.88. The zero-order valence-electron chi connectivity index (χ0n) is 11.6. The van der Waals surface area contributed by atoms with Crippen molar-refractivity contribution < 1.29 is 18.4 Å². The van der Waals surface area contributed by atoms with E-state index in [4.69, 9.17) is 10.9 Å². The summed E-state index contributed by atoms with van der Waals surface area (Å²) in [5.74, 6) is 0.0381. The highest BCUT2D eigenvalue weighted by Gasteiger charge is 2.33. The molecule has 8 heteroatoms. The first-order valence-electron chi connectivity index (χ1n) is 6.16. The van der Waals surface area contributed by atoms with E-state index in [1.807, 2.05) is 0 Å². The molecule has 0 bridgehead atoms. The Balaban J connectivity index is 2.82. The van der Waals surface area contributed by atoms with E-state index in [0.29, 0.717) is 10.9 Å². The smallest absolute Gasteiger partial charge is 0.409 e. The lowest BCUT2D eigenvalue weighted by Gasteiger charge is -2.23. The number of anilines is 1. The molecule has 0 radical (unpaired) electrons. The second kappa shape index (κ2) is 6.55. The van der Waals surface area contributed by atoms with Crippen LogP contribution in [-0.4, -0.2) is 17.6 Å². The Kier molecular flexibility index (Phi) is 5.49. The maximum absolute atomic E-state index is 12.9. The first-order chi connectivity index (χ1) is 9.58. The Morgan fingerprint density at radius 2 is 2.00 bits per heavy atom. The van der Waals surface area contributed by atoms with Crippen molar-refractivity contribution in [1.29, 1.82) is 0 Å². The third kappa shape index (κ3) is 4.80. The maximum atomic E-state index is 12.9. The van der Waals surface area contributed by atoms with Crippen LogP contribution in [0.2, 0.25) is 0 Å². The second-order valence-electron chi connectivity index (χ2n) is 5.23. The highest BCUT2D eigenvalue weighted by Crippen LogP contribution is 2.36. The zero-order valence-corrected chi connectivity index (χ0v) is 13.2. The van der Waals surface area contributed by atoms with E-state index < -0.39 is 17.2 Å². The molecule has 0 aromatic heterocycles. The Hall–Kier alpha value is -1.44. The standard InChI is InChI=1S/C13H17BrF3N3O/c1-12(2,11(18)20-21)5-6-19-10-4-3-8(14)7-9(10)13(15,16)17/h3-4,7,19,21H,5-6H2,1-2H3,(H2,18,20). The van der Waals surface area contributed by atoms with E-state index in [2.05, 4.69) is 26.4 Å². The SMILES string of the molecule is CC(C)(CCNc1ccc(Br)cc1C(F)(F)F)C(N)=NO. The van der Waals surface area contributed by atoms with Gasteiger partial charge in [0.2, 0.25) is 0 Å². The summed E-state index contributed by atoms with van der Waals surface area (Å²) in [7, 11) is 0. The molecule has 0 spiro atoms. The summed E-state index contributed by atoms with van der Waals surface area (Å²) in [5, 5.41) is 14.3. The molecule has 0 atom stereocenters. The van der Waals surface area contributed by atoms with Gasteiger partial charge in [0.25, 0.3) is 0 Å². The average molecular weight is 368 g/mol. The average Bonchev–Trinajstić information content (AvgIpc) is 2.38. The molecule has 4 N–H and O–H groups in total. The van der Waals surface area contributed by atoms with Crippen molar-refractivity contribution in [2.45, 2.75) is 26.4 Å². The molecule has 0 amide bonds. The van der Waals surface area contributed by atoms with E-state index in [0.717, 1.165) is 6.07 Å². The molecular formula is C13H17BrF3N3O. The van der Waals surface area contributed by atoms with Crippen molar-refractivity contribution in [1.82, 2.24) is 0 Å². The number of hydrogen-bond acceptors (Lipinski definition) is 3. The molecule has 1 rings (SSSR count). The molecule has 4 nitrogen and oxygen atoms in total. The van der Waals surface area contributed by atoms with Gasteiger partial charge in [-0.3, -0.25) is 0 Å². The zero-order chi connectivity index (χ0) is 16.3. The summed E-state index contributed by atoms with van der Waals surface area (Å²) >= 11 is 3.03. The van der Waals surface area contributed by atoms with Gasteiger partial charge in [-0.05, 0) is 24.6 Å². The van der Waals surface area contributed by atoms with Gasteiger partial charge in [0.05, 0.1) is 5.56 Å². The van der Waals surface area contributed by atoms with Gasteiger partial charge in [0.15, 0.2) is 0 Å². The topological polar surface area (TPSA) is 70.6 Å². The molecule has 1 aromatic carbocycles. The van der Waals surface area contributed by atoms with Crippen LogP contribution in [-0.2, 0) is 6.18 Å². The number of benzene rings is 1.